The number of aliphatic hydroxyl groups excluding tert-OH is 1. The number of hydrogen-bond acceptors (Lipinski definition) is 4. The summed E-state index contributed by atoms with van der Waals surface area (Å²) in [4.78, 5) is 28.4. The number of fused-ring (bicyclic) bond motifs is 5. The molecule has 1 N–H and O–H groups in total. The van der Waals surface area contributed by atoms with Crippen LogP contribution in [0.25, 0.3) is 23.1 Å². The maximum atomic E-state index is 12.5. The first-order chi connectivity index (χ1) is 13.3. The van der Waals surface area contributed by atoms with Crippen LogP contribution in [0.5, 0.6) is 0 Å². The average Bonchev–Trinajstić information content (AvgIpc) is 3.08. The average molecular weight is 381 g/mol. The van der Waals surface area contributed by atoms with E-state index in [0.29, 0.717) is 6.54 Å². The lowest BCUT2D eigenvalue weighted by molar-refractivity contribution is -0.120. The van der Waals surface area contributed by atoms with E-state index in [9.17, 15) is 14.7 Å². The first-order valence-electron chi connectivity index (χ1n) is 9.76. The summed E-state index contributed by atoms with van der Waals surface area (Å²) in [5.74, 6) is -0.559. The van der Waals surface area contributed by atoms with Gasteiger partial charge in [-0.3, -0.25) is 9.59 Å². The second-order valence-corrected chi connectivity index (χ2v) is 8.21. The van der Waals surface area contributed by atoms with Crippen LogP contribution in [0.15, 0.2) is 12.1 Å². The van der Waals surface area contributed by atoms with Crippen LogP contribution in [0.2, 0.25) is 0 Å². The van der Waals surface area contributed by atoms with E-state index >= 15 is 0 Å². The number of ketones is 1. The van der Waals surface area contributed by atoms with Gasteiger partial charge in [0.05, 0.1) is 12.0 Å². The first-order valence-corrected chi connectivity index (χ1v) is 9.76. The van der Waals surface area contributed by atoms with Crippen molar-refractivity contribution in [1.82, 2.24) is 14.4 Å². The lowest BCUT2D eigenvalue weighted by Crippen LogP contribution is -2.40. The Kier molecular flexibility index (Phi) is 4.63. The first kappa shape index (κ1) is 18.9. The number of carbonyl (C=O) groups is 2. The summed E-state index contributed by atoms with van der Waals surface area (Å²) >= 11 is 0. The summed E-state index contributed by atoms with van der Waals surface area (Å²) in [6, 6.07) is 3.92. The molecule has 6 nitrogen and oxygen atoms in total. The van der Waals surface area contributed by atoms with Crippen LogP contribution >= 0.6 is 0 Å². The van der Waals surface area contributed by atoms with Crippen molar-refractivity contribution in [3.05, 3.63) is 33.8 Å². The van der Waals surface area contributed by atoms with Crippen molar-refractivity contribution in [1.29, 1.82) is 0 Å². The third-order valence-electron chi connectivity index (χ3n) is 5.89. The molecule has 0 radical (unpaired) electrons. The molecule has 2 heterocycles. The molecule has 2 aliphatic rings. The number of Topliss-reactive ketones (excluding diaryl/α,β-unsaturated/α-hetero) is 1. The predicted octanol–water partition coefficient (Wildman–Crippen LogP) is 0.319. The van der Waals surface area contributed by atoms with Crippen molar-refractivity contribution in [3.63, 3.8) is 0 Å². The van der Waals surface area contributed by atoms with Gasteiger partial charge in [-0.25, -0.2) is 0 Å². The third kappa shape index (κ3) is 2.88. The number of carbonyl (C=O) groups excluding carboxylic acids is 2. The van der Waals surface area contributed by atoms with Crippen molar-refractivity contribution in [3.8, 4) is 0 Å². The molecule has 0 fully saturated rings. The molecule has 0 bridgehead atoms. The molecule has 1 aliphatic carbocycles. The van der Waals surface area contributed by atoms with Crippen LogP contribution in [-0.4, -0.2) is 65.0 Å². The standard InChI is InChI=1S/C22H27N3O3/c1-13(26)15-10-16-19(11-20(15)27)25(9-5-8-23(2)3)18-7-6-14-17(21(16)18)12-24(4)22(14)28/h6-7,10-11,15,20,27H,5,8-9,12H2,1-4H3. The molecule has 2 unspecified atom stereocenters. The van der Waals surface area contributed by atoms with Crippen molar-refractivity contribution >= 4 is 34.7 Å². The van der Waals surface area contributed by atoms with Gasteiger partial charge >= 0.3 is 0 Å². The quantitative estimate of drug-likeness (QED) is 0.810. The number of aryl methyl sites for hydroxylation is 1. The Morgan fingerprint density at radius 3 is 2.71 bits per heavy atom. The molecule has 2 aromatic rings. The van der Waals surface area contributed by atoms with E-state index in [-0.39, 0.29) is 11.7 Å². The maximum Gasteiger partial charge on any atom is 0.254 e. The van der Waals surface area contributed by atoms with Gasteiger partial charge in [0.1, 0.15) is 5.78 Å². The highest BCUT2D eigenvalue weighted by Gasteiger charge is 2.30. The van der Waals surface area contributed by atoms with E-state index in [1.54, 1.807) is 4.90 Å². The number of rotatable bonds is 5. The van der Waals surface area contributed by atoms with Gasteiger partial charge in [0, 0.05) is 47.2 Å². The molecule has 0 saturated heterocycles. The van der Waals surface area contributed by atoms with Gasteiger partial charge in [-0.05, 0) is 57.8 Å². The highest BCUT2D eigenvalue weighted by molar-refractivity contribution is 6.04. The van der Waals surface area contributed by atoms with E-state index in [0.717, 1.165) is 52.1 Å². The third-order valence-corrected chi connectivity index (χ3v) is 5.89. The van der Waals surface area contributed by atoms with E-state index in [1.807, 2.05) is 31.3 Å². The summed E-state index contributed by atoms with van der Waals surface area (Å²) in [7, 11) is 5.92. The number of benzene rings is 1. The molecule has 1 amide bonds. The summed E-state index contributed by atoms with van der Waals surface area (Å²) in [6.07, 6.45) is 3.86. The molecular weight excluding hydrogens is 354 g/mol. The lowest BCUT2D eigenvalue weighted by Gasteiger charge is -2.17. The molecule has 148 valence electrons. The number of aromatic nitrogens is 1. The van der Waals surface area contributed by atoms with Crippen LogP contribution in [-0.2, 0) is 17.9 Å². The van der Waals surface area contributed by atoms with E-state index in [1.165, 1.54) is 6.92 Å². The molecule has 6 heteroatoms. The minimum absolute atomic E-state index is 0.0361. The predicted molar refractivity (Wildman–Crippen MR) is 109 cm³/mol. The van der Waals surface area contributed by atoms with Crippen LogP contribution in [0.4, 0.5) is 0 Å². The highest BCUT2D eigenvalue weighted by atomic mass is 16.3. The van der Waals surface area contributed by atoms with Crippen molar-refractivity contribution < 1.29 is 14.7 Å². The molecule has 1 aromatic heterocycles. The zero-order chi connectivity index (χ0) is 20.2. The fraction of sp³-hybridized carbons (Fsp3) is 0.455. The lowest BCUT2D eigenvalue weighted by atomic mass is 9.92. The highest BCUT2D eigenvalue weighted by Crippen LogP contribution is 2.28. The van der Waals surface area contributed by atoms with Crippen molar-refractivity contribution in [2.24, 2.45) is 5.92 Å². The molecule has 28 heavy (non-hydrogen) atoms. The summed E-state index contributed by atoms with van der Waals surface area (Å²) in [5.41, 5.74) is 2.83. The van der Waals surface area contributed by atoms with Crippen LogP contribution < -0.4 is 10.6 Å². The Balaban J connectivity index is 1.99. The van der Waals surface area contributed by atoms with E-state index < -0.39 is 12.0 Å². The molecule has 4 rings (SSSR count). The molecule has 2 atom stereocenters. The fourth-order valence-corrected chi connectivity index (χ4v) is 4.48. The summed E-state index contributed by atoms with van der Waals surface area (Å²) < 4.78 is 2.23. The van der Waals surface area contributed by atoms with Gasteiger partial charge in [0.15, 0.2) is 0 Å². The summed E-state index contributed by atoms with van der Waals surface area (Å²) in [6.45, 7) is 3.86. The normalized spacial score (nSPS) is 20.9. The fourth-order valence-electron chi connectivity index (χ4n) is 4.48. The van der Waals surface area contributed by atoms with Crippen molar-refractivity contribution in [2.45, 2.75) is 32.5 Å². The van der Waals surface area contributed by atoms with Crippen LogP contribution in [0, 0.1) is 5.92 Å². The number of amides is 1. The number of nitrogens with zero attached hydrogens (tertiary/aromatic N) is 3. The smallest absolute Gasteiger partial charge is 0.254 e. The van der Waals surface area contributed by atoms with Crippen LogP contribution in [0.3, 0.4) is 0 Å². The Hall–Kier alpha value is -2.44. The zero-order valence-electron chi connectivity index (χ0n) is 16.9. The second-order valence-electron chi connectivity index (χ2n) is 8.21. The minimum Gasteiger partial charge on any atom is -0.388 e. The molecule has 1 aliphatic heterocycles. The van der Waals surface area contributed by atoms with Gasteiger partial charge in [-0.15, -0.1) is 0 Å². The zero-order valence-corrected chi connectivity index (χ0v) is 16.9. The van der Waals surface area contributed by atoms with E-state index in [4.69, 9.17) is 0 Å². The molecule has 1 aromatic carbocycles. The Morgan fingerprint density at radius 2 is 2.04 bits per heavy atom. The van der Waals surface area contributed by atoms with Crippen molar-refractivity contribution in [2.75, 3.05) is 27.7 Å². The monoisotopic (exact) mass is 381 g/mol. The van der Waals surface area contributed by atoms with Gasteiger partial charge in [0.25, 0.3) is 5.91 Å². The summed E-state index contributed by atoms with van der Waals surface area (Å²) in [5, 5.41) is 13.5. The SMILES string of the molecule is CC(=O)C1C=c2c(n(CCCN(C)C)c3ccc4c(c23)CN(C)C4=O)=CC1O. The van der Waals surface area contributed by atoms with Gasteiger partial charge < -0.3 is 19.5 Å². The Bertz CT molecular complexity index is 1100. The van der Waals surface area contributed by atoms with Gasteiger partial charge in [0.2, 0.25) is 0 Å². The minimum atomic E-state index is -0.820. The molecule has 0 saturated carbocycles. The Morgan fingerprint density at radius 1 is 1.29 bits per heavy atom. The second kappa shape index (κ2) is 6.87. The molecular formula is C22H27N3O3. The number of hydrogen-bond donors (Lipinski definition) is 1. The van der Waals surface area contributed by atoms with Gasteiger partial charge in [-0.2, -0.15) is 0 Å². The maximum absolute atomic E-state index is 12.5. The number of aliphatic hydroxyl groups is 1. The Labute approximate surface area is 164 Å². The van der Waals surface area contributed by atoms with Gasteiger partial charge in [-0.1, -0.05) is 6.08 Å². The van der Waals surface area contributed by atoms with Crippen LogP contribution in [0.1, 0.15) is 29.3 Å². The largest absolute Gasteiger partial charge is 0.388 e. The van der Waals surface area contributed by atoms with E-state index in [2.05, 4.69) is 23.6 Å². The topological polar surface area (TPSA) is 65.8 Å². The molecule has 0 spiro atoms.